The molecular weight excluding hydrogens is 230 g/mol. The first kappa shape index (κ1) is 11.7. The molecule has 0 aliphatic heterocycles. The van der Waals surface area contributed by atoms with Gasteiger partial charge in [-0.15, -0.1) is 0 Å². The maximum absolute atomic E-state index is 12.5. The van der Waals surface area contributed by atoms with Crippen molar-refractivity contribution in [1.82, 2.24) is 15.0 Å². The lowest BCUT2D eigenvalue weighted by atomic mass is 9.96. The van der Waals surface area contributed by atoms with E-state index in [1.165, 1.54) is 25.7 Å². The molecule has 0 radical (unpaired) electrons. The molecule has 0 aromatic carbocycles. The van der Waals surface area contributed by atoms with E-state index in [-0.39, 0.29) is 11.8 Å². The van der Waals surface area contributed by atoms with E-state index in [2.05, 4.69) is 10.1 Å². The predicted molar refractivity (Wildman–Crippen MR) is 64.4 cm³/mol. The Kier molecular flexibility index (Phi) is 2.84. The molecule has 1 aromatic heterocycles. The van der Waals surface area contributed by atoms with E-state index in [1.54, 1.807) is 11.8 Å². The zero-order valence-electron chi connectivity index (χ0n) is 10.9. The quantitative estimate of drug-likeness (QED) is 0.819. The van der Waals surface area contributed by atoms with Crippen LogP contribution in [0.5, 0.6) is 0 Å². The first-order valence-electron chi connectivity index (χ1n) is 6.69. The lowest BCUT2D eigenvalue weighted by Crippen LogP contribution is -2.34. The SMILES string of the molecule is Cc1noc(CN(C)C(=O)C2C3CCC2CC3)n1. The number of aryl methyl sites for hydroxylation is 1. The largest absolute Gasteiger partial charge is 0.337 e. The van der Waals surface area contributed by atoms with E-state index in [1.807, 2.05) is 7.05 Å². The van der Waals surface area contributed by atoms with Crippen LogP contribution in [0.2, 0.25) is 0 Å². The van der Waals surface area contributed by atoms with Gasteiger partial charge in [-0.25, -0.2) is 0 Å². The zero-order valence-corrected chi connectivity index (χ0v) is 10.9. The molecule has 0 N–H and O–H groups in total. The number of amides is 1. The van der Waals surface area contributed by atoms with Gasteiger partial charge < -0.3 is 9.42 Å². The Bertz CT molecular complexity index is 437. The molecule has 1 aromatic rings. The zero-order chi connectivity index (χ0) is 12.7. The van der Waals surface area contributed by atoms with Gasteiger partial charge >= 0.3 is 0 Å². The molecule has 0 unspecified atom stereocenters. The molecule has 98 valence electrons. The molecule has 1 heterocycles. The minimum Gasteiger partial charge on any atom is -0.337 e. The van der Waals surface area contributed by atoms with Crippen LogP contribution in [0.25, 0.3) is 0 Å². The van der Waals surface area contributed by atoms with Crippen LogP contribution in [-0.4, -0.2) is 28.0 Å². The number of hydrogen-bond acceptors (Lipinski definition) is 4. The summed E-state index contributed by atoms with van der Waals surface area (Å²) in [6.45, 7) is 2.21. The van der Waals surface area contributed by atoms with Crippen LogP contribution in [0.3, 0.4) is 0 Å². The summed E-state index contributed by atoms with van der Waals surface area (Å²) in [4.78, 5) is 18.3. The van der Waals surface area contributed by atoms with Gasteiger partial charge in [0.15, 0.2) is 5.82 Å². The molecule has 2 bridgehead atoms. The molecule has 5 nitrogen and oxygen atoms in total. The third kappa shape index (κ3) is 1.91. The maximum Gasteiger partial charge on any atom is 0.246 e. The van der Waals surface area contributed by atoms with Crippen LogP contribution in [0, 0.1) is 24.7 Å². The van der Waals surface area contributed by atoms with Crippen molar-refractivity contribution in [2.75, 3.05) is 7.05 Å². The topological polar surface area (TPSA) is 59.2 Å². The molecule has 3 rings (SSSR count). The fourth-order valence-corrected chi connectivity index (χ4v) is 3.59. The Morgan fingerprint density at radius 2 is 1.94 bits per heavy atom. The Labute approximate surface area is 107 Å². The summed E-state index contributed by atoms with van der Waals surface area (Å²) in [6.07, 6.45) is 4.92. The van der Waals surface area contributed by atoms with Crippen molar-refractivity contribution < 1.29 is 9.32 Å². The van der Waals surface area contributed by atoms with Gasteiger partial charge in [0.25, 0.3) is 0 Å². The van der Waals surface area contributed by atoms with Crippen LogP contribution < -0.4 is 0 Å². The summed E-state index contributed by atoms with van der Waals surface area (Å²) in [5.41, 5.74) is 0. The van der Waals surface area contributed by atoms with E-state index >= 15 is 0 Å². The second-order valence-corrected chi connectivity index (χ2v) is 5.63. The third-order valence-corrected chi connectivity index (χ3v) is 4.44. The number of nitrogens with zero attached hydrogens (tertiary/aromatic N) is 3. The Hall–Kier alpha value is -1.39. The van der Waals surface area contributed by atoms with Crippen molar-refractivity contribution in [2.45, 2.75) is 39.2 Å². The molecule has 5 heteroatoms. The summed E-state index contributed by atoms with van der Waals surface area (Å²) < 4.78 is 5.06. The van der Waals surface area contributed by atoms with Crippen molar-refractivity contribution in [3.63, 3.8) is 0 Å². The molecule has 1 amide bonds. The monoisotopic (exact) mass is 249 g/mol. The third-order valence-electron chi connectivity index (χ3n) is 4.44. The molecule has 2 saturated carbocycles. The maximum atomic E-state index is 12.5. The molecular formula is C13H19N3O2. The van der Waals surface area contributed by atoms with Gasteiger partial charge in [-0.3, -0.25) is 4.79 Å². The van der Waals surface area contributed by atoms with Crippen LogP contribution in [0.1, 0.15) is 37.4 Å². The number of aromatic nitrogens is 2. The van der Waals surface area contributed by atoms with Crippen LogP contribution in [0.4, 0.5) is 0 Å². The van der Waals surface area contributed by atoms with Crippen molar-refractivity contribution in [1.29, 1.82) is 0 Å². The van der Waals surface area contributed by atoms with Gasteiger partial charge in [0.1, 0.15) is 0 Å². The Balaban J connectivity index is 1.65. The first-order valence-corrected chi connectivity index (χ1v) is 6.69. The second kappa shape index (κ2) is 4.37. The van der Waals surface area contributed by atoms with E-state index in [0.29, 0.717) is 30.1 Å². The van der Waals surface area contributed by atoms with Crippen molar-refractivity contribution in [3.8, 4) is 0 Å². The number of carbonyl (C=O) groups excluding carboxylic acids is 1. The first-order chi connectivity index (χ1) is 8.65. The molecule has 2 aliphatic rings. The lowest BCUT2D eigenvalue weighted by molar-refractivity contribution is -0.136. The highest BCUT2D eigenvalue weighted by molar-refractivity contribution is 5.79. The number of carbonyl (C=O) groups is 1. The second-order valence-electron chi connectivity index (χ2n) is 5.63. The molecule has 0 spiro atoms. The van der Waals surface area contributed by atoms with Crippen molar-refractivity contribution in [2.24, 2.45) is 17.8 Å². The van der Waals surface area contributed by atoms with Gasteiger partial charge in [-0.1, -0.05) is 5.16 Å². The smallest absolute Gasteiger partial charge is 0.246 e. The minimum atomic E-state index is 0.249. The average molecular weight is 249 g/mol. The lowest BCUT2D eigenvalue weighted by Gasteiger charge is -2.22. The summed E-state index contributed by atoms with van der Waals surface area (Å²) in [6, 6.07) is 0. The summed E-state index contributed by atoms with van der Waals surface area (Å²) in [5.74, 6) is 2.89. The highest BCUT2D eigenvalue weighted by Crippen LogP contribution is 2.49. The van der Waals surface area contributed by atoms with Crippen molar-refractivity contribution in [3.05, 3.63) is 11.7 Å². The van der Waals surface area contributed by atoms with E-state index in [9.17, 15) is 4.79 Å². The van der Waals surface area contributed by atoms with Gasteiger partial charge in [-0.2, -0.15) is 4.98 Å². The molecule has 2 fully saturated rings. The van der Waals surface area contributed by atoms with Crippen LogP contribution in [0.15, 0.2) is 4.52 Å². The van der Waals surface area contributed by atoms with Crippen LogP contribution in [-0.2, 0) is 11.3 Å². The summed E-state index contributed by atoms with van der Waals surface area (Å²) in [7, 11) is 1.83. The highest BCUT2D eigenvalue weighted by Gasteiger charge is 2.46. The van der Waals surface area contributed by atoms with E-state index in [4.69, 9.17) is 4.52 Å². The normalized spacial score (nSPS) is 29.8. The molecule has 18 heavy (non-hydrogen) atoms. The fraction of sp³-hybridized carbons (Fsp3) is 0.769. The average Bonchev–Trinajstić information content (AvgIpc) is 3.04. The Morgan fingerprint density at radius 1 is 1.33 bits per heavy atom. The number of rotatable bonds is 3. The van der Waals surface area contributed by atoms with Crippen molar-refractivity contribution >= 4 is 5.91 Å². The van der Waals surface area contributed by atoms with E-state index < -0.39 is 0 Å². The highest BCUT2D eigenvalue weighted by atomic mass is 16.5. The minimum absolute atomic E-state index is 0.249. The number of hydrogen-bond donors (Lipinski definition) is 0. The molecule has 2 aliphatic carbocycles. The predicted octanol–water partition coefficient (Wildman–Crippen LogP) is 1.77. The molecule has 0 saturated heterocycles. The standard InChI is InChI=1S/C13H19N3O2/c1-8-14-11(18-15-8)7-16(2)13(17)12-9-3-4-10(12)6-5-9/h9-10,12H,3-7H2,1-2H3. The van der Waals surface area contributed by atoms with E-state index in [0.717, 1.165) is 0 Å². The number of fused-ring (bicyclic) bond motifs is 2. The molecule has 0 atom stereocenters. The summed E-state index contributed by atoms with van der Waals surface area (Å²) >= 11 is 0. The van der Waals surface area contributed by atoms with Gasteiger partial charge in [-0.05, 0) is 44.4 Å². The van der Waals surface area contributed by atoms with Gasteiger partial charge in [0.2, 0.25) is 11.8 Å². The summed E-state index contributed by atoms with van der Waals surface area (Å²) in [5, 5.41) is 3.74. The fourth-order valence-electron chi connectivity index (χ4n) is 3.59. The van der Waals surface area contributed by atoms with Gasteiger partial charge in [0.05, 0.1) is 6.54 Å². The Morgan fingerprint density at radius 3 is 2.44 bits per heavy atom. The van der Waals surface area contributed by atoms with Crippen LogP contribution >= 0.6 is 0 Å². The van der Waals surface area contributed by atoms with Gasteiger partial charge in [0, 0.05) is 13.0 Å².